The lowest BCUT2D eigenvalue weighted by Crippen LogP contribution is -2.26. The number of hydrogen-bond donors (Lipinski definition) is 2. The van der Waals surface area contributed by atoms with E-state index in [4.69, 9.17) is 0 Å². The van der Waals surface area contributed by atoms with Gasteiger partial charge in [-0.15, -0.1) is 11.8 Å². The van der Waals surface area contributed by atoms with E-state index in [1.807, 2.05) is 0 Å². The van der Waals surface area contributed by atoms with Crippen molar-refractivity contribution in [3.05, 3.63) is 47.5 Å². The maximum absolute atomic E-state index is 13.0. The molecule has 0 radical (unpaired) electrons. The summed E-state index contributed by atoms with van der Waals surface area (Å²) in [6.07, 6.45) is -4.52. The van der Waals surface area contributed by atoms with Crippen molar-refractivity contribution in [2.24, 2.45) is 0 Å². The fourth-order valence-electron chi connectivity index (χ4n) is 2.75. The molecule has 1 unspecified atom stereocenters. The maximum Gasteiger partial charge on any atom is 0.416 e. The summed E-state index contributed by atoms with van der Waals surface area (Å²) >= 11 is 1.38. The standard InChI is InChI=1S/C19H18F3N3O2S/c1-10-17(26)24-14-8-11(4-7-16(14)28-10)18(27)23-13-9-12(19(20,21)22)5-6-15(13)25(2)3/h4-10H,1-3H3,(H,23,27)(H,24,26). The number of fused-ring (bicyclic) bond motifs is 1. The predicted octanol–water partition coefficient (Wildman–Crippen LogP) is 4.46. The molecule has 2 N–H and O–H groups in total. The summed E-state index contributed by atoms with van der Waals surface area (Å²) in [6.45, 7) is 1.78. The van der Waals surface area contributed by atoms with Gasteiger partial charge in [-0.1, -0.05) is 0 Å². The Morgan fingerprint density at radius 2 is 1.89 bits per heavy atom. The lowest BCUT2D eigenvalue weighted by molar-refractivity contribution is -0.137. The molecule has 28 heavy (non-hydrogen) atoms. The van der Waals surface area contributed by atoms with Crippen molar-refractivity contribution in [3.63, 3.8) is 0 Å². The van der Waals surface area contributed by atoms with E-state index in [9.17, 15) is 22.8 Å². The monoisotopic (exact) mass is 409 g/mol. The third kappa shape index (κ3) is 4.09. The highest BCUT2D eigenvalue weighted by Gasteiger charge is 2.31. The molecule has 1 aliphatic rings. The van der Waals surface area contributed by atoms with Gasteiger partial charge in [-0.05, 0) is 43.3 Å². The number of benzene rings is 2. The number of rotatable bonds is 3. The van der Waals surface area contributed by atoms with Crippen LogP contribution in [0.5, 0.6) is 0 Å². The summed E-state index contributed by atoms with van der Waals surface area (Å²) in [7, 11) is 3.34. The molecule has 9 heteroatoms. The van der Waals surface area contributed by atoms with Crippen LogP contribution < -0.4 is 15.5 Å². The number of anilines is 3. The molecule has 148 valence electrons. The molecule has 0 bridgehead atoms. The Balaban J connectivity index is 1.91. The minimum atomic E-state index is -4.52. The third-order valence-electron chi connectivity index (χ3n) is 4.23. The van der Waals surface area contributed by atoms with E-state index >= 15 is 0 Å². The van der Waals surface area contributed by atoms with E-state index < -0.39 is 17.6 Å². The lowest BCUT2D eigenvalue weighted by Gasteiger charge is -2.22. The molecule has 2 amide bonds. The molecule has 1 heterocycles. The highest BCUT2D eigenvalue weighted by atomic mass is 32.2. The fourth-order valence-corrected chi connectivity index (χ4v) is 3.68. The number of carbonyl (C=O) groups is 2. The highest BCUT2D eigenvalue weighted by Crippen LogP contribution is 2.37. The molecule has 5 nitrogen and oxygen atoms in total. The zero-order chi connectivity index (χ0) is 20.6. The van der Waals surface area contributed by atoms with Crippen LogP contribution >= 0.6 is 11.8 Å². The summed E-state index contributed by atoms with van der Waals surface area (Å²) in [5.74, 6) is -0.731. The molecule has 0 saturated heterocycles. The van der Waals surface area contributed by atoms with Gasteiger partial charge in [0.15, 0.2) is 0 Å². The summed E-state index contributed by atoms with van der Waals surface area (Å²) in [5, 5.41) is 5.04. The number of carbonyl (C=O) groups excluding carboxylic acids is 2. The topological polar surface area (TPSA) is 61.4 Å². The number of nitrogens with one attached hydrogen (secondary N) is 2. The van der Waals surface area contributed by atoms with E-state index in [0.717, 1.165) is 17.0 Å². The second-order valence-electron chi connectivity index (χ2n) is 6.54. The minimum Gasteiger partial charge on any atom is -0.376 e. The zero-order valence-corrected chi connectivity index (χ0v) is 16.2. The van der Waals surface area contributed by atoms with Crippen LogP contribution in [-0.4, -0.2) is 31.2 Å². The van der Waals surface area contributed by atoms with Crippen LogP contribution in [0, 0.1) is 0 Å². The third-order valence-corrected chi connectivity index (χ3v) is 5.40. The lowest BCUT2D eigenvalue weighted by atomic mass is 10.1. The Hall–Kier alpha value is -2.68. The van der Waals surface area contributed by atoms with Crippen LogP contribution in [0.4, 0.5) is 30.2 Å². The van der Waals surface area contributed by atoms with Crippen molar-refractivity contribution < 1.29 is 22.8 Å². The first kappa shape index (κ1) is 20.1. The average molecular weight is 409 g/mol. The summed E-state index contributed by atoms with van der Waals surface area (Å²) < 4.78 is 39.1. The Labute approximate surface area is 164 Å². The van der Waals surface area contributed by atoms with E-state index in [-0.39, 0.29) is 22.4 Å². The van der Waals surface area contributed by atoms with E-state index in [1.54, 1.807) is 38.1 Å². The molecule has 1 atom stereocenters. The van der Waals surface area contributed by atoms with Gasteiger partial charge in [0.05, 0.1) is 27.9 Å². The van der Waals surface area contributed by atoms with Gasteiger partial charge in [0.25, 0.3) is 5.91 Å². The first-order valence-electron chi connectivity index (χ1n) is 8.38. The second kappa shape index (κ2) is 7.38. The van der Waals surface area contributed by atoms with Gasteiger partial charge in [0, 0.05) is 24.6 Å². The van der Waals surface area contributed by atoms with Crippen molar-refractivity contribution in [1.29, 1.82) is 0 Å². The largest absolute Gasteiger partial charge is 0.416 e. The molecule has 0 saturated carbocycles. The molecule has 1 aliphatic heterocycles. The van der Waals surface area contributed by atoms with Crippen molar-refractivity contribution in [2.45, 2.75) is 23.2 Å². The molecule has 0 spiro atoms. The summed E-state index contributed by atoms with van der Waals surface area (Å²) in [6, 6.07) is 7.99. The molecular formula is C19H18F3N3O2S. The van der Waals surface area contributed by atoms with Gasteiger partial charge in [-0.2, -0.15) is 13.2 Å². The molecule has 0 fully saturated rings. The van der Waals surface area contributed by atoms with Crippen LogP contribution in [0.3, 0.4) is 0 Å². The van der Waals surface area contributed by atoms with Crippen LogP contribution in [-0.2, 0) is 11.0 Å². The van der Waals surface area contributed by atoms with Gasteiger partial charge >= 0.3 is 6.18 Å². The Bertz CT molecular complexity index is 945. The Kier molecular flexibility index (Phi) is 5.29. The number of halogens is 3. The second-order valence-corrected chi connectivity index (χ2v) is 7.92. The fraction of sp³-hybridized carbons (Fsp3) is 0.263. The van der Waals surface area contributed by atoms with Crippen molar-refractivity contribution in [3.8, 4) is 0 Å². The first-order chi connectivity index (χ1) is 13.1. The van der Waals surface area contributed by atoms with Gasteiger partial charge in [-0.3, -0.25) is 9.59 Å². The number of alkyl halides is 3. The van der Waals surface area contributed by atoms with Gasteiger partial charge in [0.1, 0.15) is 0 Å². The predicted molar refractivity (Wildman–Crippen MR) is 104 cm³/mol. The van der Waals surface area contributed by atoms with Gasteiger partial charge < -0.3 is 15.5 Å². The van der Waals surface area contributed by atoms with Crippen LogP contribution in [0.25, 0.3) is 0 Å². The van der Waals surface area contributed by atoms with Gasteiger partial charge in [-0.25, -0.2) is 0 Å². The van der Waals surface area contributed by atoms with Crippen molar-refractivity contribution in [2.75, 3.05) is 29.6 Å². The van der Waals surface area contributed by atoms with E-state index in [0.29, 0.717) is 11.4 Å². The maximum atomic E-state index is 13.0. The molecule has 0 aliphatic carbocycles. The van der Waals surface area contributed by atoms with Crippen molar-refractivity contribution >= 4 is 40.6 Å². The number of amides is 2. The zero-order valence-electron chi connectivity index (χ0n) is 15.3. The molecule has 3 rings (SSSR count). The number of thioether (sulfide) groups is 1. The quantitative estimate of drug-likeness (QED) is 0.786. The normalized spacial score (nSPS) is 16.2. The van der Waals surface area contributed by atoms with Gasteiger partial charge in [0.2, 0.25) is 5.91 Å². The minimum absolute atomic E-state index is 0.0505. The highest BCUT2D eigenvalue weighted by molar-refractivity contribution is 8.00. The average Bonchev–Trinajstić information content (AvgIpc) is 2.61. The van der Waals surface area contributed by atoms with E-state index in [2.05, 4.69) is 10.6 Å². The Morgan fingerprint density at radius 3 is 2.54 bits per heavy atom. The Morgan fingerprint density at radius 1 is 1.18 bits per heavy atom. The molecule has 2 aromatic rings. The molecule has 2 aromatic carbocycles. The smallest absolute Gasteiger partial charge is 0.376 e. The number of hydrogen-bond acceptors (Lipinski definition) is 4. The summed E-state index contributed by atoms with van der Waals surface area (Å²) in [4.78, 5) is 26.9. The number of nitrogens with zero attached hydrogens (tertiary/aromatic N) is 1. The van der Waals surface area contributed by atoms with Crippen LogP contribution in [0.1, 0.15) is 22.8 Å². The van der Waals surface area contributed by atoms with Crippen LogP contribution in [0.2, 0.25) is 0 Å². The summed E-state index contributed by atoms with van der Waals surface area (Å²) in [5.41, 5.74) is 0.386. The van der Waals surface area contributed by atoms with E-state index in [1.165, 1.54) is 23.9 Å². The first-order valence-corrected chi connectivity index (χ1v) is 9.25. The van der Waals surface area contributed by atoms with Crippen LogP contribution in [0.15, 0.2) is 41.3 Å². The molecule has 0 aromatic heterocycles. The SMILES string of the molecule is CC1Sc2ccc(C(=O)Nc3cc(C(F)(F)F)ccc3N(C)C)cc2NC1=O. The molecular weight excluding hydrogens is 391 g/mol. The van der Waals surface area contributed by atoms with Crippen molar-refractivity contribution in [1.82, 2.24) is 0 Å².